The van der Waals surface area contributed by atoms with E-state index in [4.69, 9.17) is 5.73 Å². The molecule has 13 heteroatoms. The smallest absolute Gasteiger partial charge is 0.417 e. The number of halogens is 3. The number of Topliss-reactive ketones (excluding diaryl/α,β-unsaturated/α-hetero) is 2. The number of primary amides is 1. The lowest BCUT2D eigenvalue weighted by Gasteiger charge is -2.50. The van der Waals surface area contributed by atoms with Crippen molar-refractivity contribution in [2.75, 3.05) is 14.1 Å². The molecule has 4 aliphatic rings. The number of phenols is 1. The number of fused-ring (bicyclic) bond motifs is 4. The molecule has 0 radical (unpaired) electrons. The van der Waals surface area contributed by atoms with Gasteiger partial charge in [0, 0.05) is 36.2 Å². The number of aliphatic hydroxyl groups excluding tert-OH is 2. The van der Waals surface area contributed by atoms with Crippen LogP contribution in [0.4, 0.5) is 13.2 Å². The van der Waals surface area contributed by atoms with Crippen LogP contribution in [0.25, 0.3) is 5.76 Å². The number of carbonyl (C=O) groups is 3. The van der Waals surface area contributed by atoms with Gasteiger partial charge in [0.25, 0.3) is 5.91 Å². The summed E-state index contributed by atoms with van der Waals surface area (Å²) in [6.45, 7) is 3.68. The monoisotopic (exact) mass is 579 g/mol. The summed E-state index contributed by atoms with van der Waals surface area (Å²) < 4.78 is 44.0. The molecule has 1 heterocycles. The number of rotatable bonds is 4. The second-order valence-corrected chi connectivity index (χ2v) is 11.7. The second-order valence-electron chi connectivity index (χ2n) is 11.7. The summed E-state index contributed by atoms with van der Waals surface area (Å²) in [7, 11) is 2.89. The molecule has 0 spiro atoms. The maximum absolute atomic E-state index is 14.7. The van der Waals surface area contributed by atoms with Gasteiger partial charge >= 0.3 is 6.18 Å². The van der Waals surface area contributed by atoms with Crippen molar-refractivity contribution in [1.29, 1.82) is 0 Å². The van der Waals surface area contributed by atoms with Crippen molar-refractivity contribution >= 4 is 23.2 Å². The van der Waals surface area contributed by atoms with Crippen molar-refractivity contribution < 1.29 is 48.0 Å². The van der Waals surface area contributed by atoms with Crippen molar-refractivity contribution in [1.82, 2.24) is 9.80 Å². The van der Waals surface area contributed by atoms with Crippen molar-refractivity contribution in [2.24, 2.45) is 17.6 Å². The van der Waals surface area contributed by atoms with E-state index in [2.05, 4.69) is 0 Å². The van der Waals surface area contributed by atoms with Gasteiger partial charge in [0.2, 0.25) is 5.78 Å². The van der Waals surface area contributed by atoms with Gasteiger partial charge < -0.3 is 26.2 Å². The third-order valence-electron chi connectivity index (χ3n) is 9.33. The van der Waals surface area contributed by atoms with Crippen LogP contribution >= 0.6 is 0 Å². The van der Waals surface area contributed by atoms with E-state index in [0.29, 0.717) is 6.42 Å². The first-order valence-corrected chi connectivity index (χ1v) is 13.3. The number of aromatic hydroxyl groups is 1. The van der Waals surface area contributed by atoms with E-state index in [0.717, 1.165) is 0 Å². The Morgan fingerprint density at radius 3 is 2.29 bits per heavy atom. The zero-order valence-electron chi connectivity index (χ0n) is 23.0. The maximum atomic E-state index is 14.7. The van der Waals surface area contributed by atoms with Crippen LogP contribution in [-0.4, -0.2) is 79.5 Å². The van der Waals surface area contributed by atoms with Crippen molar-refractivity contribution in [3.8, 4) is 5.75 Å². The number of likely N-dealkylation sites (N-methyl/N-ethyl adjacent to an activating group) is 1. The SMILES string of the molecule is CC[C@H](C)N1Cc2c(O)c3c(c(C(F)(F)F)c2C1)C[C@H]1C[C@H]2[C@H](N(C)C)C(=O)C(C(N)=O)=C(O)[C@@]2(O)C(=O)C1=C3O. The number of nitrogens with two attached hydrogens (primary N) is 1. The van der Waals surface area contributed by atoms with E-state index in [1.54, 1.807) is 4.90 Å². The van der Waals surface area contributed by atoms with Gasteiger partial charge in [-0.05, 0) is 57.3 Å². The van der Waals surface area contributed by atoms with Crippen molar-refractivity contribution in [3.63, 3.8) is 0 Å². The normalized spacial score (nSPS) is 29.0. The molecule has 0 aromatic heterocycles. The number of aliphatic hydroxyl groups is 3. The lowest BCUT2D eigenvalue weighted by atomic mass is 9.57. The Kier molecular flexibility index (Phi) is 6.59. The second kappa shape index (κ2) is 9.30. The van der Waals surface area contributed by atoms with E-state index in [9.17, 15) is 48.0 Å². The van der Waals surface area contributed by atoms with Gasteiger partial charge in [0.1, 0.15) is 22.8 Å². The molecule has 0 bridgehead atoms. The average Bonchev–Trinajstić information content (AvgIpc) is 3.29. The molecular weight excluding hydrogens is 547 g/mol. The maximum Gasteiger partial charge on any atom is 0.417 e. The van der Waals surface area contributed by atoms with E-state index < -0.39 is 93.1 Å². The zero-order chi connectivity index (χ0) is 30.5. The topological polar surface area (TPSA) is 165 Å². The fourth-order valence-electron chi connectivity index (χ4n) is 7.21. The number of ketones is 2. The van der Waals surface area contributed by atoms with Gasteiger partial charge in [-0.3, -0.25) is 24.2 Å². The molecule has 1 saturated carbocycles. The number of nitrogens with zero attached hydrogens (tertiary/aromatic N) is 2. The van der Waals surface area contributed by atoms with E-state index >= 15 is 0 Å². The zero-order valence-corrected chi connectivity index (χ0v) is 23.0. The standard InChI is InChI=1S/C28H32F3N3O7/c1-5-10(2)34-8-13-14(9-34)21(35)17-12(19(13)28(29,30)31)6-11-7-15-20(33(3)4)23(37)18(26(32)40)25(39)27(15,41)24(38)16(11)22(17)36/h10-11,15,20,35-36,39,41H,5-9H2,1-4H3,(H2,32,40)/t10-,11-,15-,20-,27-/m0/s1. The molecule has 1 aliphatic heterocycles. The van der Waals surface area contributed by atoms with Crippen LogP contribution in [-0.2, 0) is 40.1 Å². The molecule has 1 aromatic carbocycles. The van der Waals surface area contributed by atoms with Gasteiger partial charge in [-0.2, -0.15) is 13.2 Å². The first kappa shape index (κ1) is 29.1. The summed E-state index contributed by atoms with van der Waals surface area (Å²) >= 11 is 0. The van der Waals surface area contributed by atoms with Gasteiger partial charge in [0.15, 0.2) is 11.4 Å². The number of amides is 1. The molecule has 5 atom stereocenters. The van der Waals surface area contributed by atoms with Crippen LogP contribution in [0.3, 0.4) is 0 Å². The van der Waals surface area contributed by atoms with Crippen LogP contribution < -0.4 is 5.73 Å². The highest BCUT2D eigenvalue weighted by atomic mass is 19.4. The Hall–Kier alpha value is -3.42. The third kappa shape index (κ3) is 3.85. The van der Waals surface area contributed by atoms with Crippen LogP contribution in [0.2, 0.25) is 0 Å². The third-order valence-corrected chi connectivity index (χ3v) is 9.33. The molecule has 0 saturated heterocycles. The largest absolute Gasteiger partial charge is 0.508 e. The highest BCUT2D eigenvalue weighted by Crippen LogP contribution is 2.56. The Balaban J connectivity index is 1.76. The van der Waals surface area contributed by atoms with Crippen LogP contribution in [0.15, 0.2) is 16.9 Å². The molecule has 222 valence electrons. The molecule has 6 N–H and O–H groups in total. The van der Waals surface area contributed by atoms with Gasteiger partial charge in [0.05, 0.1) is 17.2 Å². The first-order valence-electron chi connectivity index (χ1n) is 13.3. The van der Waals surface area contributed by atoms with Crippen LogP contribution in [0.1, 0.15) is 54.5 Å². The molecule has 10 nitrogen and oxygen atoms in total. The molecule has 3 aliphatic carbocycles. The van der Waals surface area contributed by atoms with Crippen molar-refractivity contribution in [3.05, 3.63) is 44.7 Å². The van der Waals surface area contributed by atoms with Gasteiger partial charge in [-0.25, -0.2) is 0 Å². The summed E-state index contributed by atoms with van der Waals surface area (Å²) in [6.07, 6.45) is -4.92. The molecule has 1 fully saturated rings. The number of phenolic OH excluding ortho intramolecular Hbond substituents is 1. The fraction of sp³-hybridized carbons (Fsp3) is 0.536. The van der Waals surface area contributed by atoms with Crippen molar-refractivity contribution in [2.45, 2.75) is 70.1 Å². The van der Waals surface area contributed by atoms with E-state index in [1.807, 2.05) is 13.8 Å². The Morgan fingerprint density at radius 1 is 1.15 bits per heavy atom. The van der Waals surface area contributed by atoms with Crippen LogP contribution in [0, 0.1) is 11.8 Å². The number of hydrogen-bond donors (Lipinski definition) is 5. The minimum atomic E-state index is -4.85. The first-order chi connectivity index (χ1) is 19.0. The van der Waals surface area contributed by atoms with E-state index in [-0.39, 0.29) is 42.2 Å². The summed E-state index contributed by atoms with van der Waals surface area (Å²) in [5.74, 6) is -8.83. The summed E-state index contributed by atoms with van der Waals surface area (Å²) in [5.41, 5.74) is -0.990. The molecule has 41 heavy (non-hydrogen) atoms. The predicted molar refractivity (Wildman–Crippen MR) is 138 cm³/mol. The number of carbonyl (C=O) groups excluding carboxylic acids is 3. The summed E-state index contributed by atoms with van der Waals surface area (Å²) in [4.78, 5) is 42.3. The molecule has 0 unspecified atom stereocenters. The van der Waals surface area contributed by atoms with Gasteiger partial charge in [-0.1, -0.05) is 6.92 Å². The quantitative estimate of drug-likeness (QED) is 0.336. The number of hydrogen-bond acceptors (Lipinski definition) is 9. The lowest BCUT2D eigenvalue weighted by molar-refractivity contribution is -0.153. The summed E-state index contributed by atoms with van der Waals surface area (Å²) in [5, 5.41) is 45.2. The lowest BCUT2D eigenvalue weighted by Crippen LogP contribution is -2.65. The molecule has 1 amide bonds. The minimum absolute atomic E-state index is 0.00323. The summed E-state index contributed by atoms with van der Waals surface area (Å²) in [6, 6.07) is -1.42. The minimum Gasteiger partial charge on any atom is -0.508 e. The van der Waals surface area contributed by atoms with Crippen LogP contribution in [0.5, 0.6) is 5.75 Å². The molecular formula is C28H32F3N3O7. The fourth-order valence-corrected chi connectivity index (χ4v) is 7.21. The Bertz CT molecular complexity index is 1460. The van der Waals surface area contributed by atoms with E-state index in [1.165, 1.54) is 19.0 Å². The number of benzene rings is 1. The molecule has 1 aromatic rings. The number of alkyl halides is 3. The van der Waals surface area contributed by atoms with Gasteiger partial charge in [-0.15, -0.1) is 0 Å². The highest BCUT2D eigenvalue weighted by molar-refractivity contribution is 6.24. The predicted octanol–water partition coefficient (Wildman–Crippen LogP) is 2.10. The Labute approximate surface area is 233 Å². The average molecular weight is 580 g/mol. The highest BCUT2D eigenvalue weighted by Gasteiger charge is 2.64. The Morgan fingerprint density at radius 2 is 1.76 bits per heavy atom. The molecule has 5 rings (SSSR count).